The van der Waals surface area contributed by atoms with Crippen LogP contribution in [0.4, 0.5) is 5.82 Å². The number of ether oxygens (including phenoxy) is 4. The van der Waals surface area contributed by atoms with E-state index in [2.05, 4.69) is 20.3 Å². The quantitative estimate of drug-likeness (QED) is 0.334. The van der Waals surface area contributed by atoms with E-state index in [4.69, 9.17) is 18.9 Å². The molecule has 1 aromatic carbocycles. The second-order valence-corrected chi connectivity index (χ2v) is 8.52. The Kier molecular flexibility index (Phi) is 7.97. The highest BCUT2D eigenvalue weighted by Gasteiger charge is 2.51. The number of nitrogens with zero attached hydrogens (tertiary/aromatic N) is 4. The van der Waals surface area contributed by atoms with E-state index in [0.717, 1.165) is 5.56 Å². The fourth-order valence-corrected chi connectivity index (χ4v) is 4.13. The minimum Gasteiger partial charge on any atom is -0.463 e. The number of anilines is 1. The van der Waals surface area contributed by atoms with Gasteiger partial charge in [0, 0.05) is 33.7 Å². The van der Waals surface area contributed by atoms with Gasteiger partial charge in [-0.1, -0.05) is 37.3 Å². The van der Waals surface area contributed by atoms with Crippen molar-refractivity contribution in [3.8, 4) is 0 Å². The number of carbonyl (C=O) groups excluding carboxylic acids is 3. The minimum absolute atomic E-state index is 0.201. The van der Waals surface area contributed by atoms with Gasteiger partial charge in [-0.25, -0.2) is 15.0 Å². The van der Waals surface area contributed by atoms with Gasteiger partial charge in [-0.2, -0.15) is 0 Å². The molecule has 1 saturated heterocycles. The highest BCUT2D eigenvalue weighted by Crippen LogP contribution is 2.36. The maximum Gasteiger partial charge on any atom is 0.303 e. The lowest BCUT2D eigenvalue weighted by Gasteiger charge is -2.23. The van der Waals surface area contributed by atoms with Crippen molar-refractivity contribution in [1.82, 2.24) is 19.5 Å². The van der Waals surface area contributed by atoms with Crippen LogP contribution in [-0.4, -0.2) is 62.3 Å². The Labute approximate surface area is 213 Å². The summed E-state index contributed by atoms with van der Waals surface area (Å²) in [6.45, 7) is 6.00. The van der Waals surface area contributed by atoms with Crippen LogP contribution in [0.15, 0.2) is 36.7 Å². The Hall–Kier alpha value is -4.06. The van der Waals surface area contributed by atoms with Gasteiger partial charge < -0.3 is 24.3 Å². The predicted molar refractivity (Wildman–Crippen MR) is 130 cm³/mol. The molecule has 0 aliphatic carbocycles. The highest BCUT2D eigenvalue weighted by molar-refractivity contribution is 5.83. The molecule has 3 aromatic rings. The van der Waals surface area contributed by atoms with Gasteiger partial charge in [-0.05, 0) is 5.56 Å². The summed E-state index contributed by atoms with van der Waals surface area (Å²) < 4.78 is 23.9. The van der Waals surface area contributed by atoms with Gasteiger partial charge in [0.05, 0.1) is 6.33 Å². The van der Waals surface area contributed by atoms with Crippen molar-refractivity contribution in [2.24, 2.45) is 0 Å². The van der Waals surface area contributed by atoms with E-state index in [1.54, 1.807) is 4.57 Å². The number of carbonyl (C=O) groups is 3. The summed E-state index contributed by atoms with van der Waals surface area (Å²) >= 11 is 0. The van der Waals surface area contributed by atoms with Crippen molar-refractivity contribution >= 4 is 34.9 Å². The van der Waals surface area contributed by atoms with Gasteiger partial charge >= 0.3 is 17.9 Å². The SMILES string of the molecule is CCc1nc(NCc2ccccc2)c2ncn([C@@H]3O[C@H](COC(C)=O)[C@@H](OC(C)=O)[C@H]3OC(C)=O)c2n1. The molecule has 0 bridgehead atoms. The monoisotopic (exact) mass is 511 g/mol. The Morgan fingerprint density at radius 2 is 1.70 bits per heavy atom. The molecule has 0 spiro atoms. The van der Waals surface area contributed by atoms with Crippen molar-refractivity contribution in [2.45, 2.75) is 65.2 Å². The Morgan fingerprint density at radius 1 is 1.00 bits per heavy atom. The Balaban J connectivity index is 1.72. The highest BCUT2D eigenvalue weighted by atomic mass is 16.7. The van der Waals surface area contributed by atoms with Crippen LogP contribution in [0.3, 0.4) is 0 Å². The molecule has 4 atom stereocenters. The molecular weight excluding hydrogens is 482 g/mol. The van der Waals surface area contributed by atoms with E-state index in [0.29, 0.717) is 35.8 Å². The molecule has 0 saturated carbocycles. The number of aromatic nitrogens is 4. The zero-order valence-corrected chi connectivity index (χ0v) is 21.0. The predicted octanol–water partition coefficient (Wildman–Crippen LogP) is 2.32. The van der Waals surface area contributed by atoms with Gasteiger partial charge in [0.1, 0.15) is 18.5 Å². The van der Waals surface area contributed by atoms with Gasteiger partial charge in [0.25, 0.3) is 0 Å². The number of nitrogens with one attached hydrogen (secondary N) is 1. The molecule has 12 heteroatoms. The van der Waals surface area contributed by atoms with Crippen LogP contribution in [0.25, 0.3) is 11.2 Å². The second-order valence-electron chi connectivity index (χ2n) is 8.52. The first-order chi connectivity index (χ1) is 17.8. The average Bonchev–Trinajstić information content (AvgIpc) is 3.42. The van der Waals surface area contributed by atoms with Gasteiger partial charge in [-0.3, -0.25) is 19.0 Å². The molecule has 37 heavy (non-hydrogen) atoms. The van der Waals surface area contributed by atoms with E-state index in [-0.39, 0.29) is 6.61 Å². The fourth-order valence-electron chi connectivity index (χ4n) is 4.13. The summed E-state index contributed by atoms with van der Waals surface area (Å²) in [7, 11) is 0. The molecule has 1 N–H and O–H groups in total. The van der Waals surface area contributed by atoms with Crippen molar-refractivity contribution in [1.29, 1.82) is 0 Å². The van der Waals surface area contributed by atoms with E-state index in [9.17, 15) is 14.4 Å². The number of hydrogen-bond acceptors (Lipinski definition) is 11. The van der Waals surface area contributed by atoms with Gasteiger partial charge in [-0.15, -0.1) is 0 Å². The average molecular weight is 512 g/mol. The zero-order valence-electron chi connectivity index (χ0n) is 21.0. The standard InChI is InChI=1S/C25H29N5O7/c1-5-19-28-23(26-11-17-9-7-6-8-10-17)20-24(29-19)30(13-27-20)25-22(36-16(4)33)21(35-15(3)32)18(37-25)12-34-14(2)31/h6-10,13,18,21-22,25H,5,11-12H2,1-4H3,(H,26,28,29)/t18-,21-,22-,25-/m1/s1. The largest absolute Gasteiger partial charge is 0.463 e. The van der Waals surface area contributed by atoms with E-state index in [1.165, 1.54) is 27.1 Å². The molecule has 1 fully saturated rings. The maximum absolute atomic E-state index is 12.0. The molecule has 2 aromatic heterocycles. The number of rotatable bonds is 9. The van der Waals surface area contributed by atoms with Crippen molar-refractivity contribution in [3.05, 3.63) is 48.0 Å². The van der Waals surface area contributed by atoms with Gasteiger partial charge in [0.15, 0.2) is 35.4 Å². The maximum atomic E-state index is 12.0. The number of fused-ring (bicyclic) bond motifs is 1. The number of esters is 3. The van der Waals surface area contributed by atoms with Crippen LogP contribution in [0.5, 0.6) is 0 Å². The zero-order chi connectivity index (χ0) is 26.5. The summed E-state index contributed by atoms with van der Waals surface area (Å²) in [5.74, 6) is -0.611. The minimum atomic E-state index is -1.04. The first-order valence-corrected chi connectivity index (χ1v) is 11.9. The molecule has 1 aliphatic heterocycles. The van der Waals surface area contributed by atoms with Crippen molar-refractivity contribution in [2.75, 3.05) is 11.9 Å². The molecule has 0 unspecified atom stereocenters. The smallest absolute Gasteiger partial charge is 0.303 e. The molecular formula is C25H29N5O7. The molecule has 4 rings (SSSR count). The molecule has 0 amide bonds. The Bertz CT molecular complexity index is 1280. The second kappa shape index (κ2) is 11.3. The van der Waals surface area contributed by atoms with Crippen LogP contribution in [0.2, 0.25) is 0 Å². The molecule has 0 radical (unpaired) electrons. The van der Waals surface area contributed by atoms with E-state index >= 15 is 0 Å². The number of aryl methyl sites for hydroxylation is 1. The van der Waals surface area contributed by atoms with E-state index in [1.807, 2.05) is 37.3 Å². The normalized spacial score (nSPS) is 21.0. The lowest BCUT2D eigenvalue weighted by Crippen LogP contribution is -2.40. The molecule has 12 nitrogen and oxygen atoms in total. The first-order valence-electron chi connectivity index (χ1n) is 11.9. The van der Waals surface area contributed by atoms with Crippen LogP contribution in [0, 0.1) is 0 Å². The van der Waals surface area contributed by atoms with Crippen molar-refractivity contribution < 1.29 is 33.3 Å². The number of hydrogen-bond donors (Lipinski definition) is 1. The lowest BCUT2D eigenvalue weighted by atomic mass is 10.1. The van der Waals surface area contributed by atoms with Gasteiger partial charge in [0.2, 0.25) is 0 Å². The fraction of sp³-hybridized carbons (Fsp3) is 0.440. The van der Waals surface area contributed by atoms with Crippen LogP contribution >= 0.6 is 0 Å². The summed E-state index contributed by atoms with van der Waals surface area (Å²) in [6, 6.07) is 9.86. The number of benzene rings is 1. The molecule has 196 valence electrons. The van der Waals surface area contributed by atoms with Crippen LogP contribution in [0.1, 0.15) is 45.3 Å². The summed E-state index contributed by atoms with van der Waals surface area (Å²) in [6.07, 6.45) is -1.84. The molecule has 1 aliphatic rings. The Morgan fingerprint density at radius 3 is 2.35 bits per heavy atom. The summed E-state index contributed by atoms with van der Waals surface area (Å²) in [5.41, 5.74) is 2.00. The van der Waals surface area contributed by atoms with Crippen molar-refractivity contribution in [3.63, 3.8) is 0 Å². The third-order valence-corrected chi connectivity index (χ3v) is 5.70. The first kappa shape index (κ1) is 26.0. The summed E-state index contributed by atoms with van der Waals surface area (Å²) in [4.78, 5) is 49.1. The summed E-state index contributed by atoms with van der Waals surface area (Å²) in [5, 5.41) is 3.32. The third kappa shape index (κ3) is 6.02. The van der Waals surface area contributed by atoms with Crippen LogP contribution in [-0.2, 0) is 46.3 Å². The van der Waals surface area contributed by atoms with Crippen LogP contribution < -0.4 is 5.32 Å². The third-order valence-electron chi connectivity index (χ3n) is 5.70. The lowest BCUT2D eigenvalue weighted by molar-refractivity contribution is -0.166. The molecule has 3 heterocycles. The number of imidazole rings is 1. The topological polar surface area (TPSA) is 144 Å². The van der Waals surface area contributed by atoms with E-state index < -0.39 is 42.4 Å².